The Kier molecular flexibility index (Phi) is 3.86. The molecule has 3 N–H and O–H groups in total. The van der Waals surface area contributed by atoms with Crippen LogP contribution in [0.4, 0.5) is 0 Å². The first-order valence-electron chi connectivity index (χ1n) is 7.29. The highest BCUT2D eigenvalue weighted by molar-refractivity contribution is 5.81. The summed E-state index contributed by atoms with van der Waals surface area (Å²) in [5, 5.41) is 3.00. The van der Waals surface area contributed by atoms with Gasteiger partial charge in [0.25, 0.3) is 0 Å². The monoisotopic (exact) mass is 265 g/mol. The first kappa shape index (κ1) is 13.1. The maximum absolute atomic E-state index is 12.0. The highest BCUT2D eigenvalue weighted by Gasteiger charge is 2.32. The second-order valence-electron chi connectivity index (χ2n) is 5.88. The predicted molar refractivity (Wildman–Crippen MR) is 72.6 cm³/mol. The van der Waals surface area contributed by atoms with Crippen molar-refractivity contribution >= 4 is 5.91 Å². The molecule has 2 aliphatic heterocycles. The number of fused-ring (bicyclic) bond motifs is 1. The first-order chi connectivity index (χ1) is 9.22. The molecule has 1 amide bonds. The number of hydrogen-bond donors (Lipinski definition) is 2. The molecule has 0 saturated carbocycles. The lowest BCUT2D eigenvalue weighted by Crippen LogP contribution is -2.50. The molecule has 0 aromatic rings. The highest BCUT2D eigenvalue weighted by atomic mass is 16.5. The molecule has 19 heavy (non-hydrogen) atoms. The molecule has 106 valence electrons. The number of ether oxygens (including phenoxy) is 1. The van der Waals surface area contributed by atoms with Gasteiger partial charge in [-0.2, -0.15) is 0 Å². The normalized spacial score (nSPS) is 38.4. The van der Waals surface area contributed by atoms with Crippen LogP contribution in [0.15, 0.2) is 12.2 Å². The van der Waals surface area contributed by atoms with Gasteiger partial charge in [0.1, 0.15) is 0 Å². The summed E-state index contributed by atoms with van der Waals surface area (Å²) in [5.41, 5.74) is 5.76. The van der Waals surface area contributed by atoms with Crippen molar-refractivity contribution in [3.63, 3.8) is 0 Å². The van der Waals surface area contributed by atoms with Crippen LogP contribution < -0.4 is 11.1 Å². The van der Waals surface area contributed by atoms with Crippen LogP contribution in [-0.4, -0.2) is 55.2 Å². The number of carbonyl (C=O) groups is 1. The minimum absolute atomic E-state index is 0.0343. The van der Waals surface area contributed by atoms with Gasteiger partial charge in [-0.1, -0.05) is 12.2 Å². The fourth-order valence-corrected chi connectivity index (χ4v) is 3.28. The molecular formula is C14H23N3O2. The van der Waals surface area contributed by atoms with Crippen molar-refractivity contribution < 1.29 is 9.53 Å². The largest absolute Gasteiger partial charge is 0.373 e. The summed E-state index contributed by atoms with van der Waals surface area (Å²) in [6.45, 7) is 3.56. The maximum atomic E-state index is 12.0. The van der Waals surface area contributed by atoms with Crippen LogP contribution in [0.1, 0.15) is 19.3 Å². The number of nitrogens with zero attached hydrogens (tertiary/aromatic N) is 1. The van der Waals surface area contributed by atoms with E-state index in [4.69, 9.17) is 10.5 Å². The molecule has 4 atom stereocenters. The van der Waals surface area contributed by atoms with Gasteiger partial charge < -0.3 is 15.8 Å². The summed E-state index contributed by atoms with van der Waals surface area (Å²) in [6, 6.07) is 0.648. The second kappa shape index (κ2) is 5.61. The number of rotatable bonds is 3. The van der Waals surface area contributed by atoms with Crippen molar-refractivity contribution in [2.75, 3.05) is 26.2 Å². The Bertz CT molecular complexity index is 372. The van der Waals surface area contributed by atoms with Crippen LogP contribution in [0.25, 0.3) is 0 Å². The Balaban J connectivity index is 1.42. The molecule has 5 nitrogen and oxygen atoms in total. The van der Waals surface area contributed by atoms with Gasteiger partial charge in [0.15, 0.2) is 0 Å². The minimum Gasteiger partial charge on any atom is -0.373 e. The summed E-state index contributed by atoms with van der Waals surface area (Å²) in [6.07, 6.45) is 7.22. The standard InChI is InChI=1S/C14H23N3O2/c15-11-4-3-10(6-11)14(18)16-7-13-8-17-5-1-2-12(17)9-19-13/h3-4,10-13H,1-2,5-9,15H2,(H,16,18). The molecule has 0 spiro atoms. The van der Waals surface area contributed by atoms with Gasteiger partial charge in [0.2, 0.25) is 5.91 Å². The zero-order valence-electron chi connectivity index (χ0n) is 11.3. The zero-order valence-corrected chi connectivity index (χ0v) is 11.3. The molecular weight excluding hydrogens is 242 g/mol. The third-order valence-corrected chi connectivity index (χ3v) is 4.42. The van der Waals surface area contributed by atoms with Crippen LogP contribution in [0.3, 0.4) is 0 Å². The van der Waals surface area contributed by atoms with Gasteiger partial charge in [0, 0.05) is 25.2 Å². The fraction of sp³-hybridized carbons (Fsp3) is 0.786. The third kappa shape index (κ3) is 2.99. The Morgan fingerprint density at radius 2 is 2.37 bits per heavy atom. The number of nitrogens with one attached hydrogen (secondary N) is 1. The van der Waals surface area contributed by atoms with E-state index >= 15 is 0 Å². The Morgan fingerprint density at radius 3 is 3.16 bits per heavy atom. The van der Waals surface area contributed by atoms with E-state index in [1.54, 1.807) is 0 Å². The van der Waals surface area contributed by atoms with E-state index in [0.717, 1.165) is 19.6 Å². The second-order valence-corrected chi connectivity index (χ2v) is 5.88. The quantitative estimate of drug-likeness (QED) is 0.698. The van der Waals surface area contributed by atoms with Crippen molar-refractivity contribution in [1.29, 1.82) is 0 Å². The van der Waals surface area contributed by atoms with Crippen LogP contribution in [0.2, 0.25) is 0 Å². The Morgan fingerprint density at radius 1 is 1.47 bits per heavy atom. The third-order valence-electron chi connectivity index (χ3n) is 4.42. The van der Waals surface area contributed by atoms with E-state index in [1.165, 1.54) is 19.4 Å². The van der Waals surface area contributed by atoms with Crippen molar-refractivity contribution in [2.24, 2.45) is 11.7 Å². The van der Waals surface area contributed by atoms with Gasteiger partial charge in [-0.05, 0) is 25.8 Å². The highest BCUT2D eigenvalue weighted by Crippen LogP contribution is 2.22. The van der Waals surface area contributed by atoms with Crippen molar-refractivity contribution in [2.45, 2.75) is 37.5 Å². The Hall–Kier alpha value is -0.910. The molecule has 0 aromatic heterocycles. The summed E-state index contributed by atoms with van der Waals surface area (Å²) in [4.78, 5) is 14.5. The minimum atomic E-state index is -0.0573. The molecule has 0 radical (unpaired) electrons. The van der Waals surface area contributed by atoms with Gasteiger partial charge in [0.05, 0.1) is 18.6 Å². The van der Waals surface area contributed by atoms with Crippen LogP contribution in [0.5, 0.6) is 0 Å². The van der Waals surface area contributed by atoms with Crippen molar-refractivity contribution in [1.82, 2.24) is 10.2 Å². The van der Waals surface area contributed by atoms with E-state index in [9.17, 15) is 4.79 Å². The molecule has 5 heteroatoms. The SMILES string of the molecule is NC1C=CC(C(=O)NCC2CN3CCCC3CO2)C1. The van der Waals surface area contributed by atoms with Crippen LogP contribution >= 0.6 is 0 Å². The number of carbonyl (C=O) groups excluding carboxylic acids is 1. The number of morpholine rings is 1. The molecule has 1 aliphatic carbocycles. The number of amides is 1. The Labute approximate surface area is 114 Å². The topological polar surface area (TPSA) is 67.6 Å². The number of hydrogen-bond acceptors (Lipinski definition) is 4. The molecule has 2 fully saturated rings. The average molecular weight is 265 g/mol. The van der Waals surface area contributed by atoms with E-state index in [0.29, 0.717) is 12.6 Å². The van der Waals surface area contributed by atoms with Gasteiger partial charge >= 0.3 is 0 Å². The molecule has 3 aliphatic rings. The van der Waals surface area contributed by atoms with Gasteiger partial charge in [-0.3, -0.25) is 9.69 Å². The van der Waals surface area contributed by atoms with Gasteiger partial charge in [-0.25, -0.2) is 0 Å². The lowest BCUT2D eigenvalue weighted by atomic mass is 10.1. The molecule has 0 bridgehead atoms. The first-order valence-corrected chi connectivity index (χ1v) is 7.29. The van der Waals surface area contributed by atoms with Crippen molar-refractivity contribution in [3.05, 3.63) is 12.2 Å². The fourth-order valence-electron chi connectivity index (χ4n) is 3.28. The molecule has 2 saturated heterocycles. The van der Waals surface area contributed by atoms with Crippen LogP contribution in [0, 0.1) is 5.92 Å². The zero-order chi connectivity index (χ0) is 13.2. The summed E-state index contributed by atoms with van der Waals surface area (Å²) < 4.78 is 5.83. The van der Waals surface area contributed by atoms with E-state index in [-0.39, 0.29) is 24.0 Å². The average Bonchev–Trinajstić information content (AvgIpc) is 3.03. The lowest BCUT2D eigenvalue weighted by Gasteiger charge is -2.35. The van der Waals surface area contributed by atoms with E-state index < -0.39 is 0 Å². The smallest absolute Gasteiger partial charge is 0.227 e. The molecule has 3 rings (SSSR count). The van der Waals surface area contributed by atoms with Gasteiger partial charge in [-0.15, -0.1) is 0 Å². The summed E-state index contributed by atoms with van der Waals surface area (Å²) in [5.74, 6) is 0.0227. The van der Waals surface area contributed by atoms with Crippen LogP contribution in [-0.2, 0) is 9.53 Å². The molecule has 0 aromatic carbocycles. The number of nitrogens with two attached hydrogens (primary N) is 1. The maximum Gasteiger partial charge on any atom is 0.227 e. The van der Waals surface area contributed by atoms with Crippen molar-refractivity contribution in [3.8, 4) is 0 Å². The predicted octanol–water partition coefficient (Wildman–Crippen LogP) is -0.131. The summed E-state index contributed by atoms with van der Waals surface area (Å²) >= 11 is 0. The molecule has 2 heterocycles. The summed E-state index contributed by atoms with van der Waals surface area (Å²) in [7, 11) is 0. The molecule has 4 unspecified atom stereocenters. The lowest BCUT2D eigenvalue weighted by molar-refractivity contribution is -0.125. The van der Waals surface area contributed by atoms with E-state index in [1.807, 2.05) is 12.2 Å². The van der Waals surface area contributed by atoms with E-state index in [2.05, 4.69) is 10.2 Å².